The van der Waals surface area contributed by atoms with Crippen molar-refractivity contribution < 1.29 is 18.4 Å². The highest BCUT2D eigenvalue weighted by Crippen LogP contribution is 2.30. The van der Waals surface area contributed by atoms with E-state index in [4.69, 9.17) is 13.6 Å². The van der Waals surface area contributed by atoms with Crippen LogP contribution in [0.3, 0.4) is 0 Å². The number of esters is 1. The maximum absolute atomic E-state index is 12.7. The number of benzene rings is 3. The van der Waals surface area contributed by atoms with Gasteiger partial charge in [-0.1, -0.05) is 31.9 Å². The summed E-state index contributed by atoms with van der Waals surface area (Å²) in [6.07, 6.45) is 0. The molecule has 6 nitrogen and oxygen atoms in total. The van der Waals surface area contributed by atoms with Crippen molar-refractivity contribution in [3.05, 3.63) is 108 Å². The lowest BCUT2D eigenvalue weighted by Crippen LogP contribution is -2.09. The topological polar surface area (TPSA) is 86.7 Å². The monoisotopic (exact) mass is 566 g/mol. The van der Waals surface area contributed by atoms with Gasteiger partial charge in [0, 0.05) is 37.4 Å². The van der Waals surface area contributed by atoms with Crippen LogP contribution in [0, 0.1) is 0 Å². The fourth-order valence-electron chi connectivity index (χ4n) is 3.46. The predicted molar refractivity (Wildman–Crippen MR) is 131 cm³/mol. The third-order valence-corrected chi connectivity index (χ3v) is 6.01. The zero-order valence-corrected chi connectivity index (χ0v) is 19.8. The van der Waals surface area contributed by atoms with Crippen LogP contribution in [-0.4, -0.2) is 5.97 Å². The summed E-state index contributed by atoms with van der Waals surface area (Å²) < 4.78 is 17.9. The molecule has 5 aromatic rings. The van der Waals surface area contributed by atoms with Gasteiger partial charge in [-0.05, 0) is 60.7 Å². The first-order chi connectivity index (χ1) is 15.9. The zero-order valence-electron chi connectivity index (χ0n) is 16.6. The van der Waals surface area contributed by atoms with E-state index >= 15 is 0 Å². The lowest BCUT2D eigenvalue weighted by molar-refractivity contribution is 0.0735. The number of halogens is 2. The van der Waals surface area contributed by atoms with E-state index < -0.39 is 17.2 Å². The molecule has 5 rings (SSSR count). The highest BCUT2D eigenvalue weighted by Gasteiger charge is 2.16. The predicted octanol–water partition coefficient (Wildman–Crippen LogP) is 6.31. The first-order valence-corrected chi connectivity index (χ1v) is 11.3. The van der Waals surface area contributed by atoms with Gasteiger partial charge < -0.3 is 13.6 Å². The lowest BCUT2D eigenvalue weighted by Gasteiger charge is -2.08. The summed E-state index contributed by atoms with van der Waals surface area (Å²) in [7, 11) is 0. The molecule has 0 aliphatic carbocycles. The Bertz CT molecular complexity index is 1670. The molecule has 0 amide bonds. The molecule has 0 aliphatic rings. The molecule has 0 atom stereocenters. The van der Waals surface area contributed by atoms with E-state index in [-0.39, 0.29) is 16.9 Å². The van der Waals surface area contributed by atoms with Crippen molar-refractivity contribution >= 4 is 59.8 Å². The molecule has 0 bridgehead atoms. The van der Waals surface area contributed by atoms with Crippen LogP contribution in [0.25, 0.3) is 33.1 Å². The smallest absolute Gasteiger partial charge is 0.344 e. The molecule has 0 saturated carbocycles. The van der Waals surface area contributed by atoms with E-state index in [1.807, 2.05) is 6.07 Å². The van der Waals surface area contributed by atoms with Gasteiger partial charge in [-0.25, -0.2) is 14.4 Å². The maximum Gasteiger partial charge on any atom is 0.344 e. The summed E-state index contributed by atoms with van der Waals surface area (Å²) in [5.74, 6) is -0.355. The van der Waals surface area contributed by atoms with Crippen LogP contribution in [-0.2, 0) is 0 Å². The molecule has 2 aromatic heterocycles. The fourth-order valence-corrected chi connectivity index (χ4v) is 4.11. The Kier molecular flexibility index (Phi) is 5.47. The van der Waals surface area contributed by atoms with Crippen LogP contribution >= 0.6 is 31.9 Å². The number of carbonyl (C=O) groups excluding carboxylic acids is 1. The molecule has 0 N–H and O–H groups in total. The quantitative estimate of drug-likeness (QED) is 0.144. The number of hydrogen-bond donors (Lipinski definition) is 0. The number of rotatable bonds is 3. The SMILES string of the molecule is O=C(Oc1ccc2c(-c3cc4cc(Br)ccc4oc3=O)cc(=O)oc2c1)c1ccc(Br)cc1. The van der Waals surface area contributed by atoms with Crippen LogP contribution in [0.15, 0.2) is 100 Å². The minimum absolute atomic E-state index is 0.173. The number of fused-ring (bicyclic) bond motifs is 2. The van der Waals surface area contributed by atoms with Gasteiger partial charge in [0.05, 0.1) is 11.1 Å². The highest BCUT2D eigenvalue weighted by atomic mass is 79.9. The van der Waals surface area contributed by atoms with Crippen molar-refractivity contribution in [3.8, 4) is 16.9 Å². The van der Waals surface area contributed by atoms with Crippen molar-refractivity contribution in [2.24, 2.45) is 0 Å². The molecular weight excluding hydrogens is 556 g/mol. The molecule has 0 radical (unpaired) electrons. The van der Waals surface area contributed by atoms with Gasteiger partial charge >= 0.3 is 17.2 Å². The summed E-state index contributed by atoms with van der Waals surface area (Å²) in [5.41, 5.74) is 0.327. The Labute approximate surface area is 202 Å². The first kappa shape index (κ1) is 21.4. The van der Waals surface area contributed by atoms with Crippen LogP contribution in [0.2, 0.25) is 0 Å². The molecule has 8 heteroatoms. The van der Waals surface area contributed by atoms with Crippen molar-refractivity contribution in [3.63, 3.8) is 0 Å². The Balaban J connectivity index is 1.59. The molecule has 0 fully saturated rings. The second-order valence-electron chi connectivity index (χ2n) is 7.16. The zero-order chi connectivity index (χ0) is 23.1. The molecule has 0 saturated heterocycles. The number of ether oxygens (including phenoxy) is 1. The van der Waals surface area contributed by atoms with Gasteiger partial charge in [-0.2, -0.15) is 0 Å². The molecule has 0 aliphatic heterocycles. The van der Waals surface area contributed by atoms with Gasteiger partial charge in [0.15, 0.2) is 0 Å². The van der Waals surface area contributed by atoms with Crippen LogP contribution in [0.4, 0.5) is 0 Å². The highest BCUT2D eigenvalue weighted by molar-refractivity contribution is 9.10. The van der Waals surface area contributed by atoms with Crippen molar-refractivity contribution in [2.75, 3.05) is 0 Å². The first-order valence-electron chi connectivity index (χ1n) is 9.67. The number of hydrogen-bond acceptors (Lipinski definition) is 6. The van der Waals surface area contributed by atoms with Gasteiger partial charge in [0.25, 0.3) is 0 Å². The minimum atomic E-state index is -0.650. The molecule has 0 unspecified atom stereocenters. The third-order valence-electron chi connectivity index (χ3n) is 4.99. The third kappa shape index (κ3) is 4.27. The summed E-state index contributed by atoms with van der Waals surface area (Å²) >= 11 is 6.72. The molecule has 2 heterocycles. The number of carbonyl (C=O) groups is 1. The Morgan fingerprint density at radius 3 is 2.27 bits per heavy atom. The van der Waals surface area contributed by atoms with Crippen LogP contribution in [0.5, 0.6) is 5.75 Å². The minimum Gasteiger partial charge on any atom is -0.423 e. The van der Waals surface area contributed by atoms with E-state index in [1.165, 1.54) is 12.1 Å². The summed E-state index contributed by atoms with van der Waals surface area (Å²) in [5, 5.41) is 1.19. The fraction of sp³-hybridized carbons (Fsp3) is 0. The summed E-state index contributed by atoms with van der Waals surface area (Å²) in [4.78, 5) is 37.4. The van der Waals surface area contributed by atoms with Gasteiger partial charge in [0.2, 0.25) is 0 Å². The summed E-state index contributed by atoms with van der Waals surface area (Å²) in [6, 6.07) is 19.5. The summed E-state index contributed by atoms with van der Waals surface area (Å²) in [6.45, 7) is 0. The van der Waals surface area contributed by atoms with Crippen LogP contribution in [0.1, 0.15) is 10.4 Å². The molecule has 33 heavy (non-hydrogen) atoms. The largest absolute Gasteiger partial charge is 0.423 e. The van der Waals surface area contributed by atoms with E-state index in [1.54, 1.807) is 54.6 Å². The van der Waals surface area contributed by atoms with Crippen molar-refractivity contribution in [2.45, 2.75) is 0 Å². The molecule has 162 valence electrons. The van der Waals surface area contributed by atoms with Gasteiger partial charge in [-0.3, -0.25) is 0 Å². The average molecular weight is 568 g/mol. The molecular formula is C25H12Br2O6. The Hall–Kier alpha value is -3.49. The average Bonchev–Trinajstić information content (AvgIpc) is 2.78. The molecule has 3 aromatic carbocycles. The Morgan fingerprint density at radius 1 is 0.727 bits per heavy atom. The second kappa shape index (κ2) is 8.46. The van der Waals surface area contributed by atoms with E-state index in [0.717, 1.165) is 8.95 Å². The molecule has 0 spiro atoms. The van der Waals surface area contributed by atoms with E-state index in [9.17, 15) is 14.4 Å². The van der Waals surface area contributed by atoms with Gasteiger partial charge in [0.1, 0.15) is 16.9 Å². The lowest BCUT2D eigenvalue weighted by atomic mass is 10.0. The maximum atomic E-state index is 12.7. The second-order valence-corrected chi connectivity index (χ2v) is 8.99. The van der Waals surface area contributed by atoms with E-state index in [0.29, 0.717) is 27.5 Å². The van der Waals surface area contributed by atoms with Crippen molar-refractivity contribution in [1.82, 2.24) is 0 Å². The normalized spacial score (nSPS) is 11.1. The van der Waals surface area contributed by atoms with Crippen molar-refractivity contribution in [1.29, 1.82) is 0 Å². The Morgan fingerprint density at radius 2 is 1.48 bits per heavy atom. The standard InChI is InChI=1S/C25H12Br2O6/c26-15-3-1-13(2-4-15)24(29)31-17-6-7-18-19(12-23(28)32-22(18)11-17)20-10-14-9-16(27)5-8-21(14)33-25(20)30/h1-12H. The van der Waals surface area contributed by atoms with Crippen LogP contribution < -0.4 is 16.0 Å². The van der Waals surface area contributed by atoms with Gasteiger partial charge in [-0.15, -0.1) is 0 Å². The van der Waals surface area contributed by atoms with E-state index in [2.05, 4.69) is 31.9 Å².